The molecular weight excluding hydrogens is 620 g/mol. The summed E-state index contributed by atoms with van der Waals surface area (Å²) in [5, 5.41) is 0. The highest BCUT2D eigenvalue weighted by Gasteiger charge is 2.39. The van der Waals surface area contributed by atoms with Crippen molar-refractivity contribution < 1.29 is 46.8 Å². The molecule has 0 aromatic carbocycles. The van der Waals surface area contributed by atoms with E-state index < -0.39 is 29.6 Å². The van der Waals surface area contributed by atoms with Gasteiger partial charge in [0.25, 0.3) is 0 Å². The largest absolute Gasteiger partial charge is 0.464 e. The molecule has 258 valence electrons. The fraction of sp³-hybridized carbons (Fsp3) is 0.444. The topological polar surface area (TPSA) is 142 Å². The molecule has 4 atom stereocenters. The third kappa shape index (κ3) is 12.8. The van der Waals surface area contributed by atoms with Crippen molar-refractivity contribution in [2.24, 2.45) is 5.41 Å². The summed E-state index contributed by atoms with van der Waals surface area (Å²) in [7, 11) is 5.89. The van der Waals surface area contributed by atoms with Crippen LogP contribution in [-0.4, -0.2) is 81.6 Å². The predicted octanol–water partition coefficient (Wildman–Crippen LogP) is 5.08. The molecule has 0 bridgehead atoms. The molecule has 0 amide bonds. The first-order chi connectivity index (χ1) is 23.1. The van der Waals surface area contributed by atoms with Gasteiger partial charge in [0.05, 0.1) is 38.3 Å². The van der Waals surface area contributed by atoms with Crippen LogP contribution in [0.3, 0.4) is 0 Å². The first-order valence-corrected chi connectivity index (χ1v) is 15.1. The van der Waals surface area contributed by atoms with Crippen LogP contribution in [0.5, 0.6) is 0 Å². The lowest BCUT2D eigenvalue weighted by atomic mass is 9.78. The van der Waals surface area contributed by atoms with Crippen molar-refractivity contribution in [1.82, 2.24) is 9.97 Å². The van der Waals surface area contributed by atoms with Crippen LogP contribution < -0.4 is 0 Å². The number of oxazole rings is 2. The van der Waals surface area contributed by atoms with Gasteiger partial charge >= 0.3 is 11.9 Å². The zero-order valence-corrected chi connectivity index (χ0v) is 28.5. The second-order valence-corrected chi connectivity index (χ2v) is 10.7. The van der Waals surface area contributed by atoms with Crippen molar-refractivity contribution in [2.75, 3.05) is 35.2 Å². The number of aromatic nitrogens is 2. The lowest BCUT2D eigenvalue weighted by Gasteiger charge is -2.38. The Morgan fingerprint density at radius 3 is 2.02 bits per heavy atom. The van der Waals surface area contributed by atoms with Crippen molar-refractivity contribution in [2.45, 2.75) is 64.4 Å². The molecule has 0 unspecified atom stereocenters. The molecule has 0 aliphatic heterocycles. The molecule has 0 fully saturated rings. The summed E-state index contributed by atoms with van der Waals surface area (Å²) < 4.78 is 43.4. The molecule has 0 N–H and O–H groups in total. The fourth-order valence-electron chi connectivity index (χ4n) is 4.28. The first kappa shape index (κ1) is 39.5. The summed E-state index contributed by atoms with van der Waals surface area (Å²) in [6.45, 7) is 5.81. The summed E-state index contributed by atoms with van der Waals surface area (Å²) in [6, 6.07) is 0. The number of carbonyl (C=O) groups excluding carboxylic acids is 2. The standard InChI is InChI=1S/C36H44N2O10/c1-9-11-18-26(42-6)21-33-38-29(24-46-33)35(40)48-31(36(3,4)30(17-10-2)47-25-41-5)20-16-14-12-13-15-19-27(43-7)22-32-37-28(23-45-32)34(39)44-8/h1,10-11,14-19,23-24,26-27,30-31H,20-22,25H2,2-8H3/b16-14-,17-10+,18-11+,19-15+/t26-,27-,30-,31-/m0/s1. The second-order valence-electron chi connectivity index (χ2n) is 10.7. The van der Waals surface area contributed by atoms with Gasteiger partial charge in [-0.05, 0) is 37.3 Å². The van der Waals surface area contributed by atoms with Gasteiger partial charge in [-0.15, -0.1) is 6.42 Å². The molecular formula is C36H44N2O10. The first-order valence-electron chi connectivity index (χ1n) is 15.1. The maximum absolute atomic E-state index is 13.3. The molecule has 0 aliphatic rings. The maximum atomic E-state index is 13.3. The zero-order chi connectivity index (χ0) is 35.4. The molecule has 0 spiro atoms. The van der Waals surface area contributed by atoms with Gasteiger partial charge in [-0.2, -0.15) is 0 Å². The Labute approximate surface area is 282 Å². The summed E-state index contributed by atoms with van der Waals surface area (Å²) in [5.41, 5.74) is -0.595. The van der Waals surface area contributed by atoms with E-state index >= 15 is 0 Å². The summed E-state index contributed by atoms with van der Waals surface area (Å²) in [5.74, 6) is 7.66. The van der Waals surface area contributed by atoms with E-state index in [-0.39, 0.29) is 36.8 Å². The maximum Gasteiger partial charge on any atom is 0.360 e. The number of nitrogens with zero attached hydrogens (tertiary/aromatic N) is 2. The van der Waals surface area contributed by atoms with Crippen LogP contribution in [0, 0.1) is 29.6 Å². The highest BCUT2D eigenvalue weighted by Crippen LogP contribution is 2.34. The zero-order valence-electron chi connectivity index (χ0n) is 28.5. The number of rotatable bonds is 19. The minimum atomic E-state index is -0.703. The fourth-order valence-corrected chi connectivity index (χ4v) is 4.28. The molecule has 0 aliphatic carbocycles. The van der Waals surface area contributed by atoms with Crippen molar-refractivity contribution in [1.29, 1.82) is 0 Å². The van der Waals surface area contributed by atoms with E-state index in [1.54, 1.807) is 31.4 Å². The summed E-state index contributed by atoms with van der Waals surface area (Å²) in [6.07, 6.45) is 20.7. The molecule has 12 heteroatoms. The SMILES string of the molecule is C#C/C=C/[C@@H](Cc1nc(C(=O)O[C@@H](C/C=C\C#C/C=C/[C@@H](Cc2nc(C(=O)OC)co2)OC)C(C)(C)[C@H](/C=C/C)OCOC)co1)OC. The van der Waals surface area contributed by atoms with Crippen molar-refractivity contribution >= 4 is 11.9 Å². The minimum absolute atomic E-state index is 0.0230. The smallest absolute Gasteiger partial charge is 0.360 e. The van der Waals surface area contributed by atoms with Gasteiger partial charge in [-0.1, -0.05) is 49.8 Å². The molecule has 48 heavy (non-hydrogen) atoms. The van der Waals surface area contributed by atoms with E-state index in [2.05, 4.69) is 32.5 Å². The Morgan fingerprint density at radius 1 is 0.896 bits per heavy atom. The lowest BCUT2D eigenvalue weighted by molar-refractivity contribution is -0.121. The Morgan fingerprint density at radius 2 is 1.48 bits per heavy atom. The van der Waals surface area contributed by atoms with Gasteiger partial charge < -0.3 is 37.3 Å². The Bertz CT molecular complexity index is 1510. The van der Waals surface area contributed by atoms with Crippen LogP contribution in [0.15, 0.2) is 70.0 Å². The van der Waals surface area contributed by atoms with E-state index in [9.17, 15) is 9.59 Å². The Balaban J connectivity index is 2.16. The molecule has 2 heterocycles. The van der Waals surface area contributed by atoms with Crippen molar-refractivity contribution in [3.8, 4) is 24.2 Å². The van der Waals surface area contributed by atoms with Crippen LogP contribution in [0.25, 0.3) is 0 Å². The molecule has 2 aromatic heterocycles. The van der Waals surface area contributed by atoms with Crippen LogP contribution in [0.1, 0.15) is 60.0 Å². The average molecular weight is 665 g/mol. The Hall–Kier alpha value is -4.72. The highest BCUT2D eigenvalue weighted by molar-refractivity contribution is 5.87. The van der Waals surface area contributed by atoms with E-state index in [1.807, 2.05) is 39.0 Å². The molecule has 0 saturated heterocycles. The number of terminal acetylenes is 1. The molecule has 0 saturated carbocycles. The molecule has 0 radical (unpaired) electrons. The number of hydrogen-bond acceptors (Lipinski definition) is 12. The highest BCUT2D eigenvalue weighted by atomic mass is 16.7. The van der Waals surface area contributed by atoms with Gasteiger partial charge in [0.1, 0.15) is 25.4 Å². The third-order valence-corrected chi connectivity index (χ3v) is 7.05. The van der Waals surface area contributed by atoms with Gasteiger partial charge in [0.2, 0.25) is 0 Å². The number of carbonyl (C=O) groups is 2. The molecule has 2 aromatic rings. The van der Waals surface area contributed by atoms with Gasteiger partial charge in [-0.25, -0.2) is 19.6 Å². The summed E-state index contributed by atoms with van der Waals surface area (Å²) in [4.78, 5) is 33.3. The Kier molecular flexibility index (Phi) is 17.4. The van der Waals surface area contributed by atoms with Crippen molar-refractivity contribution in [3.63, 3.8) is 0 Å². The lowest BCUT2D eigenvalue weighted by Crippen LogP contribution is -2.43. The van der Waals surface area contributed by atoms with Crippen LogP contribution in [-0.2, 0) is 41.3 Å². The van der Waals surface area contributed by atoms with E-state index in [0.717, 1.165) is 0 Å². The normalized spacial score (nSPS) is 14.5. The van der Waals surface area contributed by atoms with Crippen LogP contribution in [0.4, 0.5) is 0 Å². The van der Waals surface area contributed by atoms with Crippen molar-refractivity contribution in [3.05, 3.63) is 84.3 Å². The number of methoxy groups -OCH3 is 4. The van der Waals surface area contributed by atoms with Gasteiger partial charge in [-0.3, -0.25) is 0 Å². The summed E-state index contributed by atoms with van der Waals surface area (Å²) >= 11 is 0. The number of hydrogen-bond donors (Lipinski definition) is 0. The number of esters is 2. The quantitative estimate of drug-likeness (QED) is 0.0856. The van der Waals surface area contributed by atoms with E-state index in [1.165, 1.54) is 39.9 Å². The van der Waals surface area contributed by atoms with Gasteiger partial charge in [0, 0.05) is 33.2 Å². The van der Waals surface area contributed by atoms with E-state index in [0.29, 0.717) is 24.6 Å². The average Bonchev–Trinajstić information content (AvgIpc) is 3.76. The number of ether oxygens (including phenoxy) is 6. The second kappa shape index (κ2) is 21.2. The van der Waals surface area contributed by atoms with Crippen LogP contribution >= 0.6 is 0 Å². The monoisotopic (exact) mass is 664 g/mol. The molecule has 12 nitrogen and oxygen atoms in total. The predicted molar refractivity (Wildman–Crippen MR) is 177 cm³/mol. The third-order valence-electron chi connectivity index (χ3n) is 7.05. The van der Waals surface area contributed by atoms with Crippen LogP contribution in [0.2, 0.25) is 0 Å². The minimum Gasteiger partial charge on any atom is -0.464 e. The number of allylic oxidation sites excluding steroid dienone is 4. The molecule has 2 rings (SSSR count). The van der Waals surface area contributed by atoms with E-state index in [4.69, 9.17) is 38.9 Å². The van der Waals surface area contributed by atoms with Gasteiger partial charge in [0.15, 0.2) is 23.2 Å².